The molecule has 3 fully saturated rings. The van der Waals surface area contributed by atoms with E-state index in [4.69, 9.17) is 14.2 Å². The molecule has 4 rings (SSSR count). The molecule has 1 aromatic carbocycles. The van der Waals surface area contributed by atoms with Gasteiger partial charge in [0.2, 0.25) is 0 Å². The molecule has 1 aliphatic carbocycles. The van der Waals surface area contributed by atoms with Crippen LogP contribution in [0.1, 0.15) is 44.1 Å². The van der Waals surface area contributed by atoms with Crippen LogP contribution in [0.25, 0.3) is 0 Å². The van der Waals surface area contributed by atoms with E-state index in [9.17, 15) is 0 Å². The number of nitrogens with zero attached hydrogens (tertiary/aromatic N) is 2. The summed E-state index contributed by atoms with van der Waals surface area (Å²) in [5.41, 5.74) is 1.50. The molecule has 2 aliphatic heterocycles. The highest BCUT2D eigenvalue weighted by Crippen LogP contribution is 2.38. The molecule has 3 aliphatic rings. The number of rotatable bonds is 5. The second-order valence-corrected chi connectivity index (χ2v) is 8.38. The molecule has 1 atom stereocenters. The number of nitrogens with one attached hydrogen (secondary N) is 1. The van der Waals surface area contributed by atoms with E-state index in [1.807, 2.05) is 13.1 Å². The molecule has 162 valence electrons. The van der Waals surface area contributed by atoms with Crippen LogP contribution in [0.3, 0.4) is 0 Å². The van der Waals surface area contributed by atoms with Crippen LogP contribution >= 0.6 is 24.0 Å². The molecular formula is C22H34IN3O3. The molecule has 0 amide bonds. The molecule has 1 N–H and O–H groups in total. The lowest BCUT2D eigenvalue weighted by Crippen LogP contribution is -2.41. The van der Waals surface area contributed by atoms with E-state index >= 15 is 0 Å². The molecule has 6 nitrogen and oxygen atoms in total. The molecule has 2 heterocycles. The maximum absolute atomic E-state index is 6.14. The third-order valence-corrected chi connectivity index (χ3v) is 6.41. The minimum absolute atomic E-state index is 0. The van der Waals surface area contributed by atoms with Gasteiger partial charge >= 0.3 is 0 Å². The van der Waals surface area contributed by atoms with Gasteiger partial charge in [0.05, 0.1) is 19.8 Å². The predicted molar refractivity (Wildman–Crippen MR) is 126 cm³/mol. The lowest BCUT2D eigenvalue weighted by molar-refractivity contribution is 0.156. The molecule has 0 aromatic heterocycles. The Labute approximate surface area is 191 Å². The van der Waals surface area contributed by atoms with Crippen LogP contribution in [-0.2, 0) is 11.3 Å². The summed E-state index contributed by atoms with van der Waals surface area (Å²) in [6, 6.07) is 6.22. The van der Waals surface area contributed by atoms with Gasteiger partial charge in [0.15, 0.2) is 17.5 Å². The Bertz CT molecular complexity index is 701. The van der Waals surface area contributed by atoms with Crippen LogP contribution in [0.5, 0.6) is 11.5 Å². The minimum atomic E-state index is 0. The molecule has 1 unspecified atom stereocenters. The largest absolute Gasteiger partial charge is 0.493 e. The van der Waals surface area contributed by atoms with Crippen molar-refractivity contribution < 1.29 is 14.2 Å². The van der Waals surface area contributed by atoms with Crippen molar-refractivity contribution in [2.75, 3.05) is 40.5 Å². The third-order valence-electron chi connectivity index (χ3n) is 6.41. The van der Waals surface area contributed by atoms with Crippen molar-refractivity contribution in [2.24, 2.45) is 10.4 Å². The van der Waals surface area contributed by atoms with E-state index in [-0.39, 0.29) is 24.0 Å². The Morgan fingerprint density at radius 1 is 1.28 bits per heavy atom. The summed E-state index contributed by atoms with van der Waals surface area (Å²) in [5.74, 6) is 2.63. The number of ether oxygens (including phenoxy) is 3. The summed E-state index contributed by atoms with van der Waals surface area (Å²) in [4.78, 5) is 6.87. The average Bonchev–Trinajstić information content (AvgIpc) is 3.47. The fraction of sp³-hybridized carbons (Fsp3) is 0.682. The maximum atomic E-state index is 6.14. The van der Waals surface area contributed by atoms with Gasteiger partial charge in [0, 0.05) is 38.7 Å². The minimum Gasteiger partial charge on any atom is -0.493 e. The summed E-state index contributed by atoms with van der Waals surface area (Å²) in [6.45, 7) is 4.58. The number of likely N-dealkylation sites (tertiary alicyclic amines) is 1. The van der Waals surface area contributed by atoms with Crippen LogP contribution < -0.4 is 14.8 Å². The summed E-state index contributed by atoms with van der Waals surface area (Å²) < 4.78 is 17.4. The number of benzene rings is 1. The van der Waals surface area contributed by atoms with Gasteiger partial charge in [-0.15, -0.1) is 24.0 Å². The molecule has 0 radical (unpaired) electrons. The lowest BCUT2D eigenvalue weighted by Gasteiger charge is -2.25. The standard InChI is InChI=1S/C22H33N3O3.HI/c1-23-21(25-11-9-22(15-25)10-12-27-16-22)24-14-17-7-8-19(20(13-17)26-2)28-18-5-3-4-6-18;/h7-8,13,18H,3-6,9-12,14-16H2,1-2H3,(H,23,24);1H. The van der Waals surface area contributed by atoms with Gasteiger partial charge in [-0.1, -0.05) is 6.07 Å². The van der Waals surface area contributed by atoms with Crippen molar-refractivity contribution in [3.63, 3.8) is 0 Å². The molecule has 2 saturated heterocycles. The summed E-state index contributed by atoms with van der Waals surface area (Å²) >= 11 is 0. The van der Waals surface area contributed by atoms with Crippen LogP contribution in [-0.4, -0.2) is 57.4 Å². The molecule has 1 spiro atoms. The Balaban J connectivity index is 0.00000240. The van der Waals surface area contributed by atoms with Crippen molar-refractivity contribution in [1.82, 2.24) is 10.2 Å². The number of halogens is 1. The fourth-order valence-electron chi connectivity index (χ4n) is 4.71. The second-order valence-electron chi connectivity index (χ2n) is 8.38. The lowest BCUT2D eigenvalue weighted by atomic mass is 9.87. The highest BCUT2D eigenvalue weighted by Gasteiger charge is 2.42. The zero-order valence-corrected chi connectivity index (χ0v) is 19.9. The van der Waals surface area contributed by atoms with E-state index in [2.05, 4.69) is 27.3 Å². The summed E-state index contributed by atoms with van der Waals surface area (Å²) in [5, 5.41) is 3.52. The van der Waals surface area contributed by atoms with E-state index in [0.717, 1.165) is 62.2 Å². The molecule has 1 saturated carbocycles. The SMILES string of the molecule is CN=C(NCc1ccc(OC2CCCC2)c(OC)c1)N1CCC2(CCOC2)C1.I. The first kappa shape index (κ1) is 22.5. The van der Waals surface area contributed by atoms with Gasteiger partial charge in [-0.05, 0) is 56.2 Å². The predicted octanol–water partition coefficient (Wildman–Crippen LogP) is 3.82. The first-order chi connectivity index (χ1) is 13.7. The Morgan fingerprint density at radius 2 is 2.10 bits per heavy atom. The number of hydrogen-bond acceptors (Lipinski definition) is 4. The summed E-state index contributed by atoms with van der Waals surface area (Å²) in [7, 11) is 3.57. The van der Waals surface area contributed by atoms with Crippen LogP contribution in [0, 0.1) is 5.41 Å². The monoisotopic (exact) mass is 515 g/mol. The number of hydrogen-bond donors (Lipinski definition) is 1. The molecule has 7 heteroatoms. The van der Waals surface area contributed by atoms with Gasteiger partial charge in [-0.25, -0.2) is 0 Å². The Kier molecular flexibility index (Phi) is 7.90. The van der Waals surface area contributed by atoms with Crippen LogP contribution in [0.4, 0.5) is 0 Å². The van der Waals surface area contributed by atoms with Gasteiger partial charge in [0.25, 0.3) is 0 Å². The first-order valence-electron chi connectivity index (χ1n) is 10.6. The summed E-state index contributed by atoms with van der Waals surface area (Å²) in [6.07, 6.45) is 7.50. The van der Waals surface area contributed by atoms with Crippen molar-refractivity contribution in [1.29, 1.82) is 0 Å². The zero-order chi connectivity index (χ0) is 19.4. The third kappa shape index (κ3) is 5.29. The topological polar surface area (TPSA) is 55.3 Å². The highest BCUT2D eigenvalue weighted by atomic mass is 127. The Morgan fingerprint density at radius 3 is 2.79 bits per heavy atom. The number of aliphatic imine (C=N–C) groups is 1. The normalized spacial score (nSPS) is 24.8. The van der Waals surface area contributed by atoms with Gasteiger partial charge in [-0.3, -0.25) is 4.99 Å². The van der Waals surface area contributed by atoms with Crippen molar-refractivity contribution in [3.8, 4) is 11.5 Å². The Hall–Kier alpha value is -1.22. The quantitative estimate of drug-likeness (QED) is 0.367. The van der Waals surface area contributed by atoms with E-state index in [1.54, 1.807) is 7.11 Å². The van der Waals surface area contributed by atoms with Gasteiger partial charge in [-0.2, -0.15) is 0 Å². The first-order valence-corrected chi connectivity index (χ1v) is 10.6. The molecule has 29 heavy (non-hydrogen) atoms. The highest BCUT2D eigenvalue weighted by molar-refractivity contribution is 14.0. The van der Waals surface area contributed by atoms with Crippen LogP contribution in [0.2, 0.25) is 0 Å². The zero-order valence-electron chi connectivity index (χ0n) is 17.6. The number of methoxy groups -OCH3 is 1. The maximum Gasteiger partial charge on any atom is 0.193 e. The van der Waals surface area contributed by atoms with Crippen molar-refractivity contribution in [2.45, 2.75) is 51.2 Å². The van der Waals surface area contributed by atoms with Crippen molar-refractivity contribution in [3.05, 3.63) is 23.8 Å². The number of guanidine groups is 1. The fourth-order valence-corrected chi connectivity index (χ4v) is 4.71. The van der Waals surface area contributed by atoms with E-state index in [0.29, 0.717) is 18.1 Å². The van der Waals surface area contributed by atoms with Gasteiger partial charge < -0.3 is 24.4 Å². The average molecular weight is 515 g/mol. The van der Waals surface area contributed by atoms with Crippen molar-refractivity contribution >= 4 is 29.9 Å². The van der Waals surface area contributed by atoms with E-state index in [1.165, 1.54) is 25.7 Å². The van der Waals surface area contributed by atoms with Gasteiger partial charge in [0.1, 0.15) is 0 Å². The van der Waals surface area contributed by atoms with Crippen LogP contribution in [0.15, 0.2) is 23.2 Å². The second kappa shape index (κ2) is 10.2. The molecular weight excluding hydrogens is 481 g/mol. The van der Waals surface area contributed by atoms with E-state index < -0.39 is 0 Å². The molecule has 1 aromatic rings. The molecule has 0 bridgehead atoms. The smallest absolute Gasteiger partial charge is 0.193 e.